The van der Waals surface area contributed by atoms with E-state index >= 15 is 0 Å². The molecule has 4 aliphatic rings. The van der Waals surface area contributed by atoms with Gasteiger partial charge < -0.3 is 5.73 Å². The highest BCUT2D eigenvalue weighted by molar-refractivity contribution is 7.81. The Hall–Kier alpha value is -1.49. The second kappa shape index (κ2) is 5.76. The van der Waals surface area contributed by atoms with Gasteiger partial charge >= 0.3 is 6.03 Å². The van der Waals surface area contributed by atoms with Crippen molar-refractivity contribution < 1.29 is 4.79 Å². The molecular weight excluding hydrogens is 330 g/mol. The molecule has 0 aromatic rings. The zero-order chi connectivity index (χ0) is 17.8. The quantitative estimate of drug-likeness (QED) is 0.547. The molecule has 0 radical (unpaired) electrons. The van der Waals surface area contributed by atoms with Crippen molar-refractivity contribution in [3.05, 3.63) is 23.8 Å². The monoisotopic (exact) mass is 357 g/mol. The SMILES string of the molecule is C[C@]12C=CC(=S)C=C1CC[C@@H]1[C@@H]2CC[C@]2(C)/C(=N\NC(N)=O)CC[C@@H]12. The fourth-order valence-electron chi connectivity index (χ4n) is 6.29. The van der Waals surface area contributed by atoms with Gasteiger partial charge in [-0.1, -0.05) is 37.7 Å². The number of carbonyl (C=O) groups is 1. The molecule has 4 nitrogen and oxygen atoms in total. The maximum absolute atomic E-state index is 11.1. The van der Waals surface area contributed by atoms with E-state index in [0.29, 0.717) is 11.8 Å². The summed E-state index contributed by atoms with van der Waals surface area (Å²) in [5, 5.41) is 4.37. The number of primary amides is 1. The maximum Gasteiger partial charge on any atom is 0.332 e. The van der Waals surface area contributed by atoms with Crippen LogP contribution in [0.15, 0.2) is 28.9 Å². The molecule has 0 aromatic heterocycles. The second-order valence-corrected chi connectivity index (χ2v) is 9.10. The molecule has 134 valence electrons. The Labute approximate surface area is 155 Å². The predicted octanol–water partition coefficient (Wildman–Crippen LogP) is 4.12. The Balaban J connectivity index is 1.63. The molecule has 2 amide bonds. The van der Waals surface area contributed by atoms with Gasteiger partial charge in [-0.2, -0.15) is 5.10 Å². The van der Waals surface area contributed by atoms with Crippen LogP contribution in [0, 0.1) is 28.6 Å². The number of hydrazone groups is 1. The lowest BCUT2D eigenvalue weighted by Crippen LogP contribution is -2.49. The van der Waals surface area contributed by atoms with Crippen LogP contribution in [-0.4, -0.2) is 16.6 Å². The van der Waals surface area contributed by atoms with Gasteiger partial charge in [0.05, 0.1) is 0 Å². The smallest absolute Gasteiger partial charge is 0.332 e. The zero-order valence-electron chi connectivity index (χ0n) is 15.0. The van der Waals surface area contributed by atoms with Crippen molar-refractivity contribution in [1.29, 1.82) is 0 Å². The van der Waals surface area contributed by atoms with Crippen molar-refractivity contribution >= 4 is 28.8 Å². The van der Waals surface area contributed by atoms with Crippen LogP contribution >= 0.6 is 12.2 Å². The van der Waals surface area contributed by atoms with E-state index in [4.69, 9.17) is 18.0 Å². The summed E-state index contributed by atoms with van der Waals surface area (Å²) in [6.45, 7) is 4.76. The first-order valence-corrected chi connectivity index (χ1v) is 9.82. The summed E-state index contributed by atoms with van der Waals surface area (Å²) in [5.74, 6) is 2.06. The van der Waals surface area contributed by atoms with Gasteiger partial charge in [-0.25, -0.2) is 10.2 Å². The Morgan fingerprint density at radius 3 is 2.84 bits per heavy atom. The Morgan fingerprint density at radius 1 is 1.28 bits per heavy atom. The Morgan fingerprint density at radius 2 is 2.08 bits per heavy atom. The Bertz CT molecular complexity index is 724. The lowest BCUT2D eigenvalue weighted by molar-refractivity contribution is 0.00661. The van der Waals surface area contributed by atoms with Gasteiger partial charge in [-0.05, 0) is 68.4 Å². The van der Waals surface area contributed by atoms with E-state index < -0.39 is 6.03 Å². The van der Waals surface area contributed by atoms with Crippen molar-refractivity contribution in [2.45, 2.75) is 52.4 Å². The summed E-state index contributed by atoms with van der Waals surface area (Å²) in [5.41, 5.74) is 10.6. The van der Waals surface area contributed by atoms with Crippen molar-refractivity contribution in [2.75, 3.05) is 0 Å². The highest BCUT2D eigenvalue weighted by Gasteiger charge is 2.57. The van der Waals surface area contributed by atoms with E-state index in [9.17, 15) is 4.79 Å². The Kier molecular flexibility index (Phi) is 3.91. The zero-order valence-corrected chi connectivity index (χ0v) is 15.9. The minimum atomic E-state index is -0.573. The van der Waals surface area contributed by atoms with Crippen LogP contribution < -0.4 is 11.2 Å². The number of rotatable bonds is 1. The average Bonchev–Trinajstić information content (AvgIpc) is 2.90. The number of nitrogens with one attached hydrogen (secondary N) is 1. The molecule has 0 saturated heterocycles. The number of hydrogen-bond acceptors (Lipinski definition) is 3. The molecule has 3 saturated carbocycles. The topological polar surface area (TPSA) is 67.5 Å². The molecule has 4 aliphatic carbocycles. The molecule has 0 heterocycles. The number of thiocarbonyl (C=S) groups is 1. The van der Waals surface area contributed by atoms with Crippen molar-refractivity contribution in [2.24, 2.45) is 39.4 Å². The number of urea groups is 1. The third-order valence-corrected chi connectivity index (χ3v) is 7.85. The number of amides is 2. The number of carbonyl (C=O) groups excluding carboxylic acids is 1. The van der Waals surface area contributed by atoms with Gasteiger partial charge in [0.1, 0.15) is 0 Å². The van der Waals surface area contributed by atoms with Crippen LogP contribution in [0.4, 0.5) is 4.79 Å². The molecule has 5 heteroatoms. The van der Waals surface area contributed by atoms with Gasteiger partial charge in [0.2, 0.25) is 0 Å². The van der Waals surface area contributed by atoms with Gasteiger partial charge in [0, 0.05) is 21.4 Å². The van der Waals surface area contributed by atoms with Crippen LogP contribution in [-0.2, 0) is 0 Å². The summed E-state index contributed by atoms with van der Waals surface area (Å²) in [7, 11) is 0. The molecule has 5 atom stereocenters. The third-order valence-electron chi connectivity index (χ3n) is 7.60. The largest absolute Gasteiger partial charge is 0.350 e. The lowest BCUT2D eigenvalue weighted by Gasteiger charge is -2.56. The summed E-state index contributed by atoms with van der Waals surface area (Å²) >= 11 is 5.40. The van der Waals surface area contributed by atoms with Crippen LogP contribution in [0.5, 0.6) is 0 Å². The fraction of sp³-hybridized carbons (Fsp3) is 0.650. The van der Waals surface area contributed by atoms with Crippen molar-refractivity contribution in [1.82, 2.24) is 5.43 Å². The number of nitrogens with zero attached hydrogens (tertiary/aromatic N) is 1. The number of allylic oxidation sites excluding steroid dienone is 4. The molecule has 4 rings (SSSR count). The first-order valence-electron chi connectivity index (χ1n) is 9.41. The molecule has 25 heavy (non-hydrogen) atoms. The third kappa shape index (κ3) is 2.50. The molecular formula is C20H27N3OS. The van der Waals surface area contributed by atoms with Crippen LogP contribution in [0.3, 0.4) is 0 Å². The first-order chi connectivity index (χ1) is 11.8. The molecule has 3 fully saturated rings. The van der Waals surface area contributed by atoms with Crippen molar-refractivity contribution in [3.63, 3.8) is 0 Å². The normalized spacial score (nSPS) is 43.9. The first kappa shape index (κ1) is 17.0. The number of fused-ring (bicyclic) bond motifs is 5. The molecule has 0 unspecified atom stereocenters. The van der Waals surface area contributed by atoms with E-state index in [1.165, 1.54) is 24.8 Å². The fourth-order valence-corrected chi connectivity index (χ4v) is 6.50. The molecule has 0 aliphatic heterocycles. The number of nitrogens with two attached hydrogens (primary N) is 1. The van der Waals surface area contributed by atoms with Crippen molar-refractivity contribution in [3.8, 4) is 0 Å². The van der Waals surface area contributed by atoms with Crippen LogP contribution in [0.1, 0.15) is 52.4 Å². The van der Waals surface area contributed by atoms with Crippen LogP contribution in [0.25, 0.3) is 0 Å². The van der Waals surface area contributed by atoms with Gasteiger partial charge in [-0.15, -0.1) is 0 Å². The molecule has 3 N–H and O–H groups in total. The van der Waals surface area contributed by atoms with Gasteiger partial charge in [-0.3, -0.25) is 0 Å². The minimum Gasteiger partial charge on any atom is -0.350 e. The summed E-state index contributed by atoms with van der Waals surface area (Å²) in [4.78, 5) is 12.0. The highest BCUT2D eigenvalue weighted by atomic mass is 32.1. The van der Waals surface area contributed by atoms with E-state index in [1.54, 1.807) is 0 Å². The molecule has 0 bridgehead atoms. The standard InChI is InChI=1S/C20H27N3OS/c1-19-9-7-13(25)11-12(19)3-4-14-15-5-6-17(22-23-18(21)24)20(15,2)10-8-16(14)19/h7,9,11,14-16H,3-6,8,10H2,1-2H3,(H3,21,23,24)/b22-17-/t14-,15-,16-,19-,20-/m0/s1. The average molecular weight is 358 g/mol. The van der Waals surface area contributed by atoms with E-state index in [0.717, 1.165) is 35.8 Å². The lowest BCUT2D eigenvalue weighted by atomic mass is 9.48. The maximum atomic E-state index is 11.1. The predicted molar refractivity (Wildman–Crippen MR) is 104 cm³/mol. The highest BCUT2D eigenvalue weighted by Crippen LogP contribution is 2.63. The van der Waals surface area contributed by atoms with E-state index in [-0.39, 0.29) is 10.8 Å². The number of hydrogen-bond donors (Lipinski definition) is 2. The molecule has 0 spiro atoms. The van der Waals surface area contributed by atoms with Crippen LogP contribution in [0.2, 0.25) is 0 Å². The second-order valence-electron chi connectivity index (χ2n) is 8.63. The van der Waals surface area contributed by atoms with Gasteiger partial charge in [0.15, 0.2) is 0 Å². The van der Waals surface area contributed by atoms with E-state index in [1.807, 2.05) is 0 Å². The minimum absolute atomic E-state index is 0.106. The summed E-state index contributed by atoms with van der Waals surface area (Å²) < 4.78 is 0. The van der Waals surface area contributed by atoms with E-state index in [2.05, 4.69) is 42.6 Å². The summed E-state index contributed by atoms with van der Waals surface area (Å²) in [6, 6.07) is -0.573. The van der Waals surface area contributed by atoms with Gasteiger partial charge in [0.25, 0.3) is 0 Å². The summed E-state index contributed by atoms with van der Waals surface area (Å²) in [6.07, 6.45) is 13.7. The molecule has 0 aromatic carbocycles.